The van der Waals surface area contributed by atoms with Crippen LogP contribution in [0.3, 0.4) is 0 Å². The maximum Gasteiger partial charge on any atom is 0.243 e. The summed E-state index contributed by atoms with van der Waals surface area (Å²) in [5.74, 6) is 0. The van der Waals surface area contributed by atoms with Crippen molar-refractivity contribution < 1.29 is 8.42 Å². The predicted molar refractivity (Wildman–Crippen MR) is 72.7 cm³/mol. The fraction of sp³-hybridized carbons (Fsp3) is 0.385. The molecule has 0 amide bonds. The first-order valence-electron chi connectivity index (χ1n) is 5.94. The summed E-state index contributed by atoms with van der Waals surface area (Å²) in [4.78, 5) is 0.315. The van der Waals surface area contributed by atoms with E-state index in [0.29, 0.717) is 29.2 Å². The average Bonchev–Trinajstić information content (AvgIpc) is 2.33. The van der Waals surface area contributed by atoms with E-state index in [-0.39, 0.29) is 0 Å². The Labute approximate surface area is 108 Å². The van der Waals surface area contributed by atoms with E-state index in [2.05, 4.69) is 0 Å². The van der Waals surface area contributed by atoms with Crippen LogP contribution < -0.4 is 5.73 Å². The van der Waals surface area contributed by atoms with Crippen LogP contribution in [0.1, 0.15) is 18.9 Å². The standard InChI is InChI=1S/C13H18N2O2S/c1-10-6-8-15(9-7-10)18(16,17)13-5-3-4-12(14)11(13)2/h3-6H,7-9,14H2,1-2H3. The highest BCUT2D eigenvalue weighted by Gasteiger charge is 2.27. The van der Waals surface area contributed by atoms with E-state index in [9.17, 15) is 8.42 Å². The third-order valence-corrected chi connectivity index (χ3v) is 5.35. The Morgan fingerprint density at radius 1 is 1.28 bits per heavy atom. The molecule has 0 fully saturated rings. The van der Waals surface area contributed by atoms with E-state index >= 15 is 0 Å². The van der Waals surface area contributed by atoms with Gasteiger partial charge in [0.25, 0.3) is 0 Å². The lowest BCUT2D eigenvalue weighted by atomic mass is 10.1. The topological polar surface area (TPSA) is 63.4 Å². The number of hydrogen-bond acceptors (Lipinski definition) is 3. The molecule has 5 heteroatoms. The first kappa shape index (κ1) is 13.1. The molecular formula is C13H18N2O2S. The molecule has 1 heterocycles. The first-order chi connectivity index (χ1) is 8.43. The summed E-state index contributed by atoms with van der Waals surface area (Å²) in [5.41, 5.74) is 8.16. The molecule has 1 aromatic carbocycles. The number of anilines is 1. The summed E-state index contributed by atoms with van der Waals surface area (Å²) in [6.07, 6.45) is 2.75. The van der Waals surface area contributed by atoms with Crippen LogP contribution in [0.2, 0.25) is 0 Å². The Hall–Kier alpha value is -1.33. The van der Waals surface area contributed by atoms with E-state index in [1.54, 1.807) is 25.1 Å². The molecular weight excluding hydrogens is 248 g/mol. The molecule has 2 N–H and O–H groups in total. The van der Waals surface area contributed by atoms with Gasteiger partial charge in [0.15, 0.2) is 0 Å². The Morgan fingerprint density at radius 2 is 2.00 bits per heavy atom. The van der Waals surface area contributed by atoms with Gasteiger partial charge in [-0.2, -0.15) is 4.31 Å². The lowest BCUT2D eigenvalue weighted by Gasteiger charge is -2.25. The molecule has 4 nitrogen and oxygen atoms in total. The SMILES string of the molecule is CC1=CCN(S(=O)(=O)c2cccc(N)c2C)CC1. The van der Waals surface area contributed by atoms with Crippen LogP contribution in [-0.2, 0) is 10.0 Å². The van der Waals surface area contributed by atoms with Gasteiger partial charge in [0.1, 0.15) is 0 Å². The predicted octanol–water partition coefficient (Wildman–Crippen LogP) is 1.92. The van der Waals surface area contributed by atoms with Crippen molar-refractivity contribution in [3.05, 3.63) is 35.4 Å². The van der Waals surface area contributed by atoms with E-state index in [1.165, 1.54) is 9.88 Å². The van der Waals surface area contributed by atoms with Crippen LogP contribution in [0.4, 0.5) is 5.69 Å². The van der Waals surface area contributed by atoms with Gasteiger partial charge in [0, 0.05) is 18.8 Å². The molecule has 0 aliphatic carbocycles. The van der Waals surface area contributed by atoms with E-state index in [0.717, 1.165) is 6.42 Å². The lowest BCUT2D eigenvalue weighted by molar-refractivity contribution is 0.431. The highest BCUT2D eigenvalue weighted by molar-refractivity contribution is 7.89. The molecule has 0 spiro atoms. The van der Waals surface area contributed by atoms with Crippen LogP contribution in [0.5, 0.6) is 0 Å². The van der Waals surface area contributed by atoms with E-state index < -0.39 is 10.0 Å². The quantitative estimate of drug-likeness (QED) is 0.657. The van der Waals surface area contributed by atoms with Crippen LogP contribution >= 0.6 is 0 Å². The highest BCUT2D eigenvalue weighted by Crippen LogP contribution is 2.25. The number of sulfonamides is 1. The fourth-order valence-corrected chi connectivity index (χ4v) is 3.66. The summed E-state index contributed by atoms with van der Waals surface area (Å²) < 4.78 is 26.5. The molecule has 0 aromatic heterocycles. The molecule has 0 unspecified atom stereocenters. The summed E-state index contributed by atoms with van der Waals surface area (Å²) >= 11 is 0. The summed E-state index contributed by atoms with van der Waals surface area (Å²) in [5, 5.41) is 0. The van der Waals surface area contributed by atoms with Gasteiger partial charge >= 0.3 is 0 Å². The average molecular weight is 266 g/mol. The molecule has 0 bridgehead atoms. The van der Waals surface area contributed by atoms with Crippen LogP contribution in [0.25, 0.3) is 0 Å². The molecule has 0 radical (unpaired) electrons. The maximum absolute atomic E-state index is 12.5. The van der Waals surface area contributed by atoms with Crippen LogP contribution in [0.15, 0.2) is 34.7 Å². The van der Waals surface area contributed by atoms with Gasteiger partial charge in [-0.05, 0) is 38.0 Å². The second-order valence-corrected chi connectivity index (χ2v) is 6.54. The second-order valence-electron chi connectivity index (χ2n) is 4.63. The zero-order chi connectivity index (χ0) is 13.3. The molecule has 98 valence electrons. The minimum absolute atomic E-state index is 0.315. The zero-order valence-corrected chi connectivity index (χ0v) is 11.5. The largest absolute Gasteiger partial charge is 0.398 e. The van der Waals surface area contributed by atoms with E-state index in [1.807, 2.05) is 13.0 Å². The van der Waals surface area contributed by atoms with Gasteiger partial charge in [-0.25, -0.2) is 8.42 Å². The molecule has 1 aliphatic heterocycles. The van der Waals surface area contributed by atoms with Gasteiger partial charge < -0.3 is 5.73 Å². The molecule has 18 heavy (non-hydrogen) atoms. The van der Waals surface area contributed by atoms with Crippen LogP contribution in [-0.4, -0.2) is 25.8 Å². The number of nitrogens with two attached hydrogens (primary N) is 1. The molecule has 0 saturated heterocycles. The number of nitrogen functional groups attached to an aromatic ring is 1. The molecule has 2 rings (SSSR count). The number of benzene rings is 1. The van der Waals surface area contributed by atoms with Crippen molar-refractivity contribution in [1.82, 2.24) is 4.31 Å². The zero-order valence-electron chi connectivity index (χ0n) is 10.7. The van der Waals surface area contributed by atoms with Crippen LogP contribution in [0, 0.1) is 6.92 Å². The van der Waals surface area contributed by atoms with Crippen molar-refractivity contribution >= 4 is 15.7 Å². The molecule has 0 saturated carbocycles. The normalized spacial score (nSPS) is 17.6. The van der Waals surface area contributed by atoms with Gasteiger partial charge in [-0.1, -0.05) is 17.7 Å². The Bertz CT molecular complexity index is 591. The second kappa shape index (κ2) is 4.74. The molecule has 0 atom stereocenters. The molecule has 1 aromatic rings. The minimum atomic E-state index is -3.43. The van der Waals surface area contributed by atoms with Gasteiger partial charge in [0.2, 0.25) is 10.0 Å². The van der Waals surface area contributed by atoms with Gasteiger partial charge in [0.05, 0.1) is 4.90 Å². The summed E-state index contributed by atoms with van der Waals surface area (Å²) in [7, 11) is -3.43. The van der Waals surface area contributed by atoms with Crippen molar-refractivity contribution in [1.29, 1.82) is 0 Å². The minimum Gasteiger partial charge on any atom is -0.398 e. The lowest BCUT2D eigenvalue weighted by Crippen LogP contribution is -2.35. The Kier molecular flexibility index (Phi) is 3.45. The van der Waals surface area contributed by atoms with Crippen molar-refractivity contribution in [3.8, 4) is 0 Å². The Morgan fingerprint density at radius 3 is 2.61 bits per heavy atom. The first-order valence-corrected chi connectivity index (χ1v) is 7.38. The van der Waals surface area contributed by atoms with Gasteiger partial charge in [-0.3, -0.25) is 0 Å². The monoisotopic (exact) mass is 266 g/mol. The fourth-order valence-electron chi connectivity index (χ4n) is 2.02. The third kappa shape index (κ3) is 2.28. The van der Waals surface area contributed by atoms with Crippen molar-refractivity contribution in [2.45, 2.75) is 25.2 Å². The summed E-state index contributed by atoms with van der Waals surface area (Å²) in [6, 6.07) is 5.01. The number of nitrogens with zero attached hydrogens (tertiary/aromatic N) is 1. The summed E-state index contributed by atoms with van der Waals surface area (Å²) in [6.45, 7) is 4.75. The highest BCUT2D eigenvalue weighted by atomic mass is 32.2. The van der Waals surface area contributed by atoms with Crippen molar-refractivity contribution in [2.24, 2.45) is 0 Å². The van der Waals surface area contributed by atoms with Gasteiger partial charge in [-0.15, -0.1) is 0 Å². The molecule has 1 aliphatic rings. The van der Waals surface area contributed by atoms with Crippen molar-refractivity contribution in [3.63, 3.8) is 0 Å². The van der Waals surface area contributed by atoms with Crippen molar-refractivity contribution in [2.75, 3.05) is 18.8 Å². The number of hydrogen-bond donors (Lipinski definition) is 1. The van der Waals surface area contributed by atoms with E-state index in [4.69, 9.17) is 5.73 Å². The third-order valence-electron chi connectivity index (χ3n) is 3.34. The smallest absolute Gasteiger partial charge is 0.243 e. The maximum atomic E-state index is 12.5. The number of rotatable bonds is 2. The Balaban J connectivity index is 2.40.